The number of nitrogens with one attached hydrogen (secondary N) is 2. The fraction of sp³-hybridized carbons (Fsp3) is 0.308. The number of benzene rings is 1. The Hall–Kier alpha value is -2.77. The summed E-state index contributed by atoms with van der Waals surface area (Å²) in [6.07, 6.45) is -0.694. The van der Waals surface area contributed by atoms with Crippen LogP contribution in [0.5, 0.6) is 0 Å². The predicted molar refractivity (Wildman–Crippen MR) is 76.6 cm³/mol. The Labute approximate surface area is 121 Å². The monoisotopic (exact) mass is 295 g/mol. The highest BCUT2D eigenvalue weighted by Crippen LogP contribution is 2.17. The highest BCUT2D eigenvalue weighted by Gasteiger charge is 2.22. The second-order valence-electron chi connectivity index (χ2n) is 4.53. The summed E-state index contributed by atoms with van der Waals surface area (Å²) in [4.78, 5) is 34.9. The van der Waals surface area contributed by atoms with Crippen LogP contribution >= 0.6 is 0 Å². The minimum absolute atomic E-state index is 0.471. The van der Waals surface area contributed by atoms with Crippen molar-refractivity contribution >= 4 is 29.3 Å². The van der Waals surface area contributed by atoms with E-state index in [1.807, 2.05) is 25.1 Å². The number of aliphatic carboxylic acids is 2. The Bertz CT molecular complexity index is 544. The van der Waals surface area contributed by atoms with Crippen molar-refractivity contribution in [3.8, 4) is 0 Å². The molecule has 1 aromatic carbocycles. The van der Waals surface area contributed by atoms with E-state index in [4.69, 9.17) is 10.2 Å². The first-order valence-corrected chi connectivity index (χ1v) is 6.09. The van der Waals surface area contributed by atoms with Crippen molar-refractivity contribution in [3.63, 3.8) is 0 Å². The van der Waals surface area contributed by atoms with Gasteiger partial charge in [0, 0.05) is 25.5 Å². The number of carboxylic acid groups (broad SMARTS) is 2. The van der Waals surface area contributed by atoms with E-state index >= 15 is 0 Å². The van der Waals surface area contributed by atoms with Gasteiger partial charge in [-0.05, 0) is 18.2 Å². The Morgan fingerprint density at radius 1 is 1.24 bits per heavy atom. The average molecular weight is 295 g/mol. The minimum atomic E-state index is -1.49. The summed E-state index contributed by atoms with van der Waals surface area (Å²) in [5.41, 5.74) is 1.33. The molecule has 114 valence electrons. The van der Waals surface area contributed by atoms with Gasteiger partial charge in [-0.15, -0.1) is 0 Å². The van der Waals surface area contributed by atoms with Gasteiger partial charge >= 0.3 is 18.0 Å². The first-order chi connectivity index (χ1) is 9.79. The highest BCUT2D eigenvalue weighted by atomic mass is 16.4. The number of nitrogens with zero attached hydrogens (tertiary/aromatic N) is 1. The molecule has 0 saturated heterocycles. The van der Waals surface area contributed by atoms with Crippen LogP contribution in [0.25, 0.3) is 0 Å². The van der Waals surface area contributed by atoms with E-state index in [1.165, 1.54) is 0 Å². The molecule has 21 heavy (non-hydrogen) atoms. The van der Waals surface area contributed by atoms with Gasteiger partial charge in [0.05, 0.1) is 6.42 Å². The zero-order chi connectivity index (χ0) is 16.0. The van der Waals surface area contributed by atoms with Crippen LogP contribution in [0.4, 0.5) is 16.2 Å². The Morgan fingerprint density at radius 3 is 2.43 bits per heavy atom. The van der Waals surface area contributed by atoms with Gasteiger partial charge in [0.1, 0.15) is 6.04 Å². The van der Waals surface area contributed by atoms with Crippen LogP contribution in [-0.2, 0) is 9.59 Å². The van der Waals surface area contributed by atoms with Gasteiger partial charge in [-0.2, -0.15) is 0 Å². The van der Waals surface area contributed by atoms with Crippen molar-refractivity contribution in [3.05, 3.63) is 24.3 Å². The second-order valence-corrected chi connectivity index (χ2v) is 4.53. The molecule has 0 aliphatic heterocycles. The third kappa shape index (κ3) is 5.39. The molecule has 1 atom stereocenters. The summed E-state index contributed by atoms with van der Waals surface area (Å²) in [5, 5.41) is 22.0. The lowest BCUT2D eigenvalue weighted by Gasteiger charge is -2.16. The fourth-order valence-electron chi connectivity index (χ4n) is 1.56. The molecule has 0 saturated carbocycles. The molecule has 8 heteroatoms. The molecule has 1 aromatic rings. The molecular weight excluding hydrogens is 278 g/mol. The number of hydrogen-bond donors (Lipinski definition) is 4. The summed E-state index contributed by atoms with van der Waals surface area (Å²) in [6, 6.07) is 4.65. The van der Waals surface area contributed by atoms with Crippen molar-refractivity contribution in [2.45, 2.75) is 12.5 Å². The largest absolute Gasteiger partial charge is 0.481 e. The molecule has 8 nitrogen and oxygen atoms in total. The molecule has 0 fully saturated rings. The molecular formula is C13H17N3O5. The summed E-state index contributed by atoms with van der Waals surface area (Å²) in [5.74, 6) is -2.72. The van der Waals surface area contributed by atoms with Crippen LogP contribution in [-0.4, -0.2) is 48.3 Å². The van der Waals surface area contributed by atoms with E-state index < -0.39 is 30.4 Å². The molecule has 0 heterocycles. The molecule has 4 N–H and O–H groups in total. The lowest BCUT2D eigenvalue weighted by Crippen LogP contribution is -2.44. The zero-order valence-corrected chi connectivity index (χ0v) is 11.7. The fourth-order valence-corrected chi connectivity index (χ4v) is 1.56. The van der Waals surface area contributed by atoms with E-state index in [-0.39, 0.29) is 0 Å². The topological polar surface area (TPSA) is 119 Å². The third-order valence-electron chi connectivity index (χ3n) is 2.60. The number of carbonyl (C=O) groups excluding carboxylic acids is 1. The summed E-state index contributed by atoms with van der Waals surface area (Å²) >= 11 is 0. The maximum Gasteiger partial charge on any atom is 0.326 e. The lowest BCUT2D eigenvalue weighted by molar-refractivity contribution is -0.145. The maximum atomic E-state index is 11.7. The van der Waals surface area contributed by atoms with Crippen LogP contribution < -0.4 is 15.5 Å². The van der Waals surface area contributed by atoms with E-state index in [9.17, 15) is 14.4 Å². The minimum Gasteiger partial charge on any atom is -0.481 e. The Kier molecular flexibility index (Phi) is 5.53. The lowest BCUT2D eigenvalue weighted by atomic mass is 10.2. The molecule has 0 radical (unpaired) electrons. The van der Waals surface area contributed by atoms with Gasteiger partial charge in [-0.25, -0.2) is 9.59 Å². The van der Waals surface area contributed by atoms with Gasteiger partial charge < -0.3 is 25.7 Å². The summed E-state index contributed by atoms with van der Waals surface area (Å²) in [7, 11) is 3.68. The third-order valence-corrected chi connectivity index (χ3v) is 2.60. The molecule has 0 spiro atoms. The van der Waals surface area contributed by atoms with Crippen LogP contribution in [0.1, 0.15) is 6.42 Å². The number of amides is 2. The Balaban J connectivity index is 2.69. The van der Waals surface area contributed by atoms with Gasteiger partial charge in [0.25, 0.3) is 0 Å². The average Bonchev–Trinajstić information content (AvgIpc) is 2.37. The van der Waals surface area contributed by atoms with Crippen molar-refractivity contribution in [2.75, 3.05) is 24.3 Å². The first kappa shape index (κ1) is 16.3. The van der Waals surface area contributed by atoms with Crippen LogP contribution in [0.2, 0.25) is 0 Å². The zero-order valence-electron chi connectivity index (χ0n) is 11.7. The molecule has 0 aliphatic rings. The number of urea groups is 1. The standard InChI is InChI=1S/C13H17N3O5/c1-16(2)9-5-3-4-8(6-9)14-13(21)15-10(12(19)20)7-11(17)18/h3-6,10H,7H2,1-2H3,(H,17,18)(H,19,20)(H2,14,15,21)/t10-/m1/s1. The van der Waals surface area contributed by atoms with Gasteiger partial charge in [-0.3, -0.25) is 4.79 Å². The van der Waals surface area contributed by atoms with E-state index in [0.29, 0.717) is 5.69 Å². The van der Waals surface area contributed by atoms with Gasteiger partial charge in [-0.1, -0.05) is 6.07 Å². The van der Waals surface area contributed by atoms with Gasteiger partial charge in [0.2, 0.25) is 0 Å². The SMILES string of the molecule is CN(C)c1cccc(NC(=O)N[C@H](CC(=O)O)C(=O)O)c1. The number of hydrogen-bond acceptors (Lipinski definition) is 4. The van der Waals surface area contributed by atoms with Crippen molar-refractivity contribution in [1.82, 2.24) is 5.32 Å². The van der Waals surface area contributed by atoms with E-state index in [2.05, 4.69) is 10.6 Å². The maximum absolute atomic E-state index is 11.7. The molecule has 0 aliphatic carbocycles. The molecule has 0 bridgehead atoms. The van der Waals surface area contributed by atoms with Crippen molar-refractivity contribution in [2.24, 2.45) is 0 Å². The predicted octanol–water partition coefficient (Wildman–Crippen LogP) is 0.802. The van der Waals surface area contributed by atoms with Gasteiger partial charge in [0.15, 0.2) is 0 Å². The first-order valence-electron chi connectivity index (χ1n) is 6.09. The smallest absolute Gasteiger partial charge is 0.326 e. The van der Waals surface area contributed by atoms with Crippen molar-refractivity contribution in [1.29, 1.82) is 0 Å². The molecule has 1 rings (SSSR count). The Morgan fingerprint density at radius 2 is 1.90 bits per heavy atom. The molecule has 2 amide bonds. The number of rotatable bonds is 6. The van der Waals surface area contributed by atoms with Crippen LogP contribution in [0.15, 0.2) is 24.3 Å². The normalized spacial score (nSPS) is 11.3. The highest BCUT2D eigenvalue weighted by molar-refractivity contribution is 5.93. The number of carboxylic acids is 2. The second kappa shape index (κ2) is 7.13. The van der Waals surface area contributed by atoms with E-state index in [1.54, 1.807) is 18.2 Å². The van der Waals surface area contributed by atoms with Crippen LogP contribution in [0.3, 0.4) is 0 Å². The summed E-state index contributed by atoms with van der Waals surface area (Å²) in [6.45, 7) is 0. The number of anilines is 2. The molecule has 0 aromatic heterocycles. The number of carbonyl (C=O) groups is 3. The van der Waals surface area contributed by atoms with Crippen LogP contribution in [0, 0.1) is 0 Å². The van der Waals surface area contributed by atoms with Crippen molar-refractivity contribution < 1.29 is 24.6 Å². The molecule has 0 unspecified atom stereocenters. The summed E-state index contributed by atoms with van der Waals surface area (Å²) < 4.78 is 0. The van der Waals surface area contributed by atoms with E-state index in [0.717, 1.165) is 5.69 Å². The quantitative estimate of drug-likeness (QED) is 0.616.